The first kappa shape index (κ1) is 14.3. The number of Topliss-reactive ketones (excluding diaryl/α,β-unsaturated/α-hetero) is 1. The van der Waals surface area contributed by atoms with Crippen molar-refractivity contribution in [3.8, 4) is 5.75 Å². The van der Waals surface area contributed by atoms with Crippen LogP contribution in [0, 0.1) is 0 Å². The lowest BCUT2D eigenvalue weighted by atomic mass is 9.93. The summed E-state index contributed by atoms with van der Waals surface area (Å²) in [6, 6.07) is 16.8. The summed E-state index contributed by atoms with van der Waals surface area (Å²) in [6.45, 7) is 2.32. The Bertz CT molecular complexity index is 656. The number of hydrogen-bond acceptors (Lipinski definition) is 3. The van der Waals surface area contributed by atoms with Gasteiger partial charge in [-0.15, -0.1) is 0 Å². The highest BCUT2D eigenvalue weighted by Crippen LogP contribution is 2.43. The fourth-order valence-electron chi connectivity index (χ4n) is 2.56. The second-order valence-corrected chi connectivity index (χ2v) is 5.71. The van der Waals surface area contributed by atoms with Crippen molar-refractivity contribution in [1.82, 2.24) is 0 Å². The molecule has 1 aliphatic rings. The minimum atomic E-state index is -1.14. The van der Waals surface area contributed by atoms with Gasteiger partial charge >= 0.3 is 0 Å². The van der Waals surface area contributed by atoms with E-state index in [4.69, 9.17) is 9.47 Å². The summed E-state index contributed by atoms with van der Waals surface area (Å²) in [4.78, 5) is 12.1. The van der Waals surface area contributed by atoms with Crippen LogP contribution in [0.2, 0.25) is 0 Å². The van der Waals surface area contributed by atoms with E-state index in [0.29, 0.717) is 17.9 Å². The van der Waals surface area contributed by atoms with Gasteiger partial charge in [-0.05, 0) is 19.1 Å². The van der Waals surface area contributed by atoms with Crippen LogP contribution in [-0.4, -0.2) is 17.2 Å². The predicted octanol–water partition coefficient (Wildman–Crippen LogP) is 3.91. The summed E-state index contributed by atoms with van der Waals surface area (Å²) >= 11 is 3.49. The van der Waals surface area contributed by atoms with Crippen molar-refractivity contribution in [2.24, 2.45) is 0 Å². The first-order valence-corrected chi connectivity index (χ1v) is 7.76. The number of alkyl halides is 1. The summed E-state index contributed by atoms with van der Waals surface area (Å²) in [7, 11) is 0. The molecule has 0 N–H and O–H groups in total. The molecular weight excluding hydrogens is 332 g/mol. The van der Waals surface area contributed by atoms with E-state index in [1.807, 2.05) is 49.4 Å². The van der Waals surface area contributed by atoms with E-state index in [-0.39, 0.29) is 5.78 Å². The van der Waals surface area contributed by atoms with Crippen molar-refractivity contribution in [3.05, 3.63) is 65.7 Å². The van der Waals surface area contributed by atoms with E-state index in [0.717, 1.165) is 5.56 Å². The highest BCUT2D eigenvalue weighted by Gasteiger charge is 2.51. The summed E-state index contributed by atoms with van der Waals surface area (Å²) in [5, 5.41) is 0. The molecule has 0 fully saturated rings. The number of hydrogen-bond donors (Lipinski definition) is 0. The predicted molar refractivity (Wildman–Crippen MR) is 83.9 cm³/mol. The Morgan fingerprint density at radius 1 is 1.14 bits per heavy atom. The molecule has 21 heavy (non-hydrogen) atoms. The van der Waals surface area contributed by atoms with Crippen LogP contribution in [0.25, 0.3) is 0 Å². The number of para-hydroxylation sites is 1. The zero-order valence-electron chi connectivity index (χ0n) is 11.6. The Balaban J connectivity index is 2.16. The van der Waals surface area contributed by atoms with E-state index < -0.39 is 10.6 Å². The van der Waals surface area contributed by atoms with E-state index >= 15 is 0 Å². The van der Waals surface area contributed by atoms with Crippen LogP contribution in [0.4, 0.5) is 0 Å². The molecule has 0 spiro atoms. The minimum absolute atomic E-state index is 0.0332. The van der Waals surface area contributed by atoms with Crippen LogP contribution < -0.4 is 4.74 Å². The summed E-state index contributed by atoms with van der Waals surface area (Å²) in [5.74, 6) is -0.619. The number of halogens is 1. The van der Waals surface area contributed by atoms with Crippen molar-refractivity contribution in [2.45, 2.75) is 17.5 Å². The zero-order chi connectivity index (χ0) is 14.9. The molecule has 2 unspecified atom stereocenters. The third-order valence-corrected chi connectivity index (χ3v) is 4.53. The first-order chi connectivity index (χ1) is 10.2. The monoisotopic (exact) mass is 346 g/mol. The van der Waals surface area contributed by atoms with Crippen molar-refractivity contribution in [2.75, 3.05) is 6.61 Å². The lowest BCUT2D eigenvalue weighted by Crippen LogP contribution is -2.51. The highest BCUT2D eigenvalue weighted by molar-refractivity contribution is 9.10. The molecule has 0 aromatic heterocycles. The quantitative estimate of drug-likeness (QED) is 0.790. The van der Waals surface area contributed by atoms with Crippen LogP contribution in [0.5, 0.6) is 5.75 Å². The molecule has 0 bridgehead atoms. The standard InChI is InChI=1S/C17H15BrO3/c1-2-20-17(12-8-4-3-5-9-12)16(18)15(19)13-10-6-7-11-14(13)21-17/h3-11,16H,2H2,1H3. The average Bonchev–Trinajstić information content (AvgIpc) is 2.53. The van der Waals surface area contributed by atoms with Gasteiger partial charge in [0.2, 0.25) is 0 Å². The summed E-state index contributed by atoms with van der Waals surface area (Å²) in [6.07, 6.45) is 0. The van der Waals surface area contributed by atoms with Gasteiger partial charge < -0.3 is 9.47 Å². The second-order valence-electron chi connectivity index (χ2n) is 4.79. The smallest absolute Gasteiger partial charge is 0.257 e. The largest absolute Gasteiger partial charge is 0.455 e. The van der Waals surface area contributed by atoms with Crippen molar-refractivity contribution in [3.63, 3.8) is 0 Å². The van der Waals surface area contributed by atoms with E-state index in [2.05, 4.69) is 15.9 Å². The summed E-state index contributed by atoms with van der Waals surface area (Å²) < 4.78 is 12.0. The Hall–Kier alpha value is -1.65. The lowest BCUT2D eigenvalue weighted by molar-refractivity contribution is -0.184. The number of carbonyl (C=O) groups excluding carboxylic acids is 1. The molecule has 3 nitrogen and oxygen atoms in total. The average molecular weight is 347 g/mol. The number of ketones is 1. The third-order valence-electron chi connectivity index (χ3n) is 3.51. The number of fused-ring (bicyclic) bond motifs is 1. The molecule has 0 saturated carbocycles. The van der Waals surface area contributed by atoms with Crippen LogP contribution in [0.15, 0.2) is 54.6 Å². The maximum atomic E-state index is 12.7. The molecule has 1 aliphatic heterocycles. The van der Waals surface area contributed by atoms with Crippen molar-refractivity contribution in [1.29, 1.82) is 0 Å². The van der Waals surface area contributed by atoms with Gasteiger partial charge in [0.1, 0.15) is 10.6 Å². The van der Waals surface area contributed by atoms with Gasteiger partial charge in [-0.2, -0.15) is 0 Å². The molecule has 0 saturated heterocycles. The van der Waals surface area contributed by atoms with Crippen LogP contribution >= 0.6 is 15.9 Å². The molecule has 4 heteroatoms. The van der Waals surface area contributed by atoms with Crippen molar-refractivity contribution < 1.29 is 14.3 Å². The van der Waals surface area contributed by atoms with Crippen LogP contribution in [0.1, 0.15) is 22.8 Å². The van der Waals surface area contributed by atoms with Gasteiger partial charge in [-0.25, -0.2) is 0 Å². The number of ether oxygens (including phenoxy) is 2. The molecule has 2 atom stereocenters. The van der Waals surface area contributed by atoms with Crippen LogP contribution in [-0.2, 0) is 10.5 Å². The normalized spacial score (nSPS) is 24.3. The molecule has 3 rings (SSSR count). The lowest BCUT2D eigenvalue weighted by Gasteiger charge is -2.41. The fraction of sp³-hybridized carbons (Fsp3) is 0.235. The highest BCUT2D eigenvalue weighted by atomic mass is 79.9. The van der Waals surface area contributed by atoms with E-state index in [1.165, 1.54) is 0 Å². The number of rotatable bonds is 3. The molecule has 2 aromatic carbocycles. The Labute approximate surface area is 132 Å². The first-order valence-electron chi connectivity index (χ1n) is 6.85. The fourth-order valence-corrected chi connectivity index (χ4v) is 3.30. The van der Waals surface area contributed by atoms with E-state index in [9.17, 15) is 4.79 Å². The molecular formula is C17H15BrO3. The number of carbonyl (C=O) groups is 1. The minimum Gasteiger partial charge on any atom is -0.455 e. The van der Waals surface area contributed by atoms with Gasteiger partial charge in [-0.1, -0.05) is 58.4 Å². The van der Waals surface area contributed by atoms with Gasteiger partial charge in [0.15, 0.2) is 5.78 Å². The molecule has 2 aromatic rings. The van der Waals surface area contributed by atoms with Gasteiger partial charge in [0.25, 0.3) is 5.79 Å². The van der Waals surface area contributed by atoms with Crippen molar-refractivity contribution >= 4 is 21.7 Å². The Morgan fingerprint density at radius 3 is 2.52 bits per heavy atom. The number of benzene rings is 2. The Kier molecular flexibility index (Phi) is 3.83. The summed E-state index contributed by atoms with van der Waals surface area (Å²) in [5.41, 5.74) is 1.39. The second kappa shape index (κ2) is 5.62. The SMILES string of the molecule is CCOC1(c2ccccc2)Oc2ccccc2C(=O)C1Br. The van der Waals surface area contributed by atoms with Gasteiger partial charge in [0.05, 0.1) is 5.56 Å². The van der Waals surface area contributed by atoms with Crippen LogP contribution in [0.3, 0.4) is 0 Å². The topological polar surface area (TPSA) is 35.5 Å². The van der Waals surface area contributed by atoms with Gasteiger partial charge in [-0.3, -0.25) is 4.79 Å². The van der Waals surface area contributed by atoms with Gasteiger partial charge in [0, 0.05) is 12.2 Å². The molecule has 0 amide bonds. The molecule has 0 radical (unpaired) electrons. The molecule has 1 heterocycles. The van der Waals surface area contributed by atoms with E-state index in [1.54, 1.807) is 12.1 Å². The molecule has 108 valence electrons. The zero-order valence-corrected chi connectivity index (χ0v) is 13.2. The maximum absolute atomic E-state index is 12.7. The molecule has 0 aliphatic carbocycles. The third kappa shape index (κ3) is 2.28. The Morgan fingerprint density at radius 2 is 1.81 bits per heavy atom. The maximum Gasteiger partial charge on any atom is 0.257 e.